The fourth-order valence-electron chi connectivity index (χ4n) is 2.66. The first-order chi connectivity index (χ1) is 12.3. The second kappa shape index (κ2) is 6.60. The Kier molecular flexibility index (Phi) is 4.00. The van der Waals surface area contributed by atoms with E-state index in [1.807, 2.05) is 55.0 Å². The molecule has 4 aromatic rings. The van der Waals surface area contributed by atoms with Crippen molar-refractivity contribution in [3.8, 4) is 17.1 Å². The number of anilines is 1. The number of rotatable bonds is 5. The van der Waals surface area contributed by atoms with Crippen molar-refractivity contribution < 1.29 is 4.74 Å². The van der Waals surface area contributed by atoms with Crippen molar-refractivity contribution in [1.82, 2.24) is 19.9 Å². The maximum absolute atomic E-state index is 5.46. The maximum Gasteiger partial charge on any atom is 0.161 e. The molecule has 25 heavy (non-hydrogen) atoms. The minimum atomic E-state index is 0.657. The Balaban J connectivity index is 1.65. The SMILES string of the molecule is COc1ccc(-c2ncc3cc[nH]c3n2)cc1NCc1cccnc1. The van der Waals surface area contributed by atoms with Crippen LogP contribution in [-0.4, -0.2) is 27.0 Å². The molecule has 0 amide bonds. The first-order valence-electron chi connectivity index (χ1n) is 7.95. The van der Waals surface area contributed by atoms with E-state index in [9.17, 15) is 0 Å². The van der Waals surface area contributed by atoms with Crippen LogP contribution in [0.2, 0.25) is 0 Å². The number of hydrogen-bond donors (Lipinski definition) is 2. The lowest BCUT2D eigenvalue weighted by molar-refractivity contribution is 0.416. The van der Waals surface area contributed by atoms with Gasteiger partial charge in [0, 0.05) is 42.3 Å². The van der Waals surface area contributed by atoms with Crippen LogP contribution in [0.5, 0.6) is 5.75 Å². The van der Waals surface area contributed by atoms with Crippen molar-refractivity contribution in [2.24, 2.45) is 0 Å². The van der Waals surface area contributed by atoms with E-state index in [2.05, 4.69) is 25.3 Å². The molecule has 0 fully saturated rings. The number of nitrogens with zero attached hydrogens (tertiary/aromatic N) is 3. The van der Waals surface area contributed by atoms with Crippen molar-refractivity contribution in [2.45, 2.75) is 6.54 Å². The van der Waals surface area contributed by atoms with Gasteiger partial charge in [0.25, 0.3) is 0 Å². The summed E-state index contributed by atoms with van der Waals surface area (Å²) >= 11 is 0. The van der Waals surface area contributed by atoms with Crippen molar-refractivity contribution in [3.63, 3.8) is 0 Å². The van der Waals surface area contributed by atoms with Crippen LogP contribution in [0, 0.1) is 0 Å². The highest BCUT2D eigenvalue weighted by Gasteiger charge is 2.09. The molecule has 0 saturated heterocycles. The molecule has 0 aliphatic rings. The molecule has 0 spiro atoms. The number of H-pyrrole nitrogens is 1. The van der Waals surface area contributed by atoms with Gasteiger partial charge < -0.3 is 15.0 Å². The zero-order chi connectivity index (χ0) is 17.1. The highest BCUT2D eigenvalue weighted by molar-refractivity contribution is 5.77. The minimum Gasteiger partial charge on any atom is -0.495 e. The van der Waals surface area contributed by atoms with Crippen LogP contribution < -0.4 is 10.1 Å². The molecule has 0 aliphatic carbocycles. The topological polar surface area (TPSA) is 75.7 Å². The fourth-order valence-corrected chi connectivity index (χ4v) is 2.66. The smallest absolute Gasteiger partial charge is 0.161 e. The van der Waals surface area contributed by atoms with E-state index >= 15 is 0 Å². The number of hydrogen-bond acceptors (Lipinski definition) is 5. The van der Waals surface area contributed by atoms with Crippen LogP contribution in [0.4, 0.5) is 5.69 Å². The summed E-state index contributed by atoms with van der Waals surface area (Å²) in [5.41, 5.74) is 3.73. The Morgan fingerprint density at radius 1 is 1.16 bits per heavy atom. The normalized spacial score (nSPS) is 10.8. The molecule has 4 rings (SSSR count). The van der Waals surface area contributed by atoms with Gasteiger partial charge in [0.2, 0.25) is 0 Å². The van der Waals surface area contributed by atoms with E-state index in [0.717, 1.165) is 33.6 Å². The van der Waals surface area contributed by atoms with Crippen molar-refractivity contribution in [1.29, 1.82) is 0 Å². The average Bonchev–Trinajstić information content (AvgIpc) is 3.14. The van der Waals surface area contributed by atoms with Crippen LogP contribution in [0.15, 0.2) is 61.2 Å². The molecule has 3 heterocycles. The molecule has 6 heteroatoms. The molecule has 3 aromatic heterocycles. The van der Waals surface area contributed by atoms with Gasteiger partial charge in [0.1, 0.15) is 11.4 Å². The number of fused-ring (bicyclic) bond motifs is 1. The lowest BCUT2D eigenvalue weighted by Crippen LogP contribution is -2.02. The van der Waals surface area contributed by atoms with Crippen LogP contribution in [0.3, 0.4) is 0 Å². The first-order valence-corrected chi connectivity index (χ1v) is 7.95. The molecule has 124 valence electrons. The maximum atomic E-state index is 5.46. The predicted molar refractivity (Wildman–Crippen MR) is 97.4 cm³/mol. The van der Waals surface area contributed by atoms with Gasteiger partial charge in [-0.25, -0.2) is 9.97 Å². The molecule has 6 nitrogen and oxygen atoms in total. The number of aromatic amines is 1. The molecular formula is C19H17N5O. The van der Waals surface area contributed by atoms with E-state index in [1.165, 1.54) is 0 Å². The monoisotopic (exact) mass is 331 g/mol. The zero-order valence-electron chi connectivity index (χ0n) is 13.7. The molecule has 0 aliphatic heterocycles. The van der Waals surface area contributed by atoms with Gasteiger partial charge in [-0.2, -0.15) is 0 Å². The minimum absolute atomic E-state index is 0.657. The number of aromatic nitrogens is 4. The van der Waals surface area contributed by atoms with Gasteiger partial charge in [-0.05, 0) is 35.9 Å². The van der Waals surface area contributed by atoms with Crippen molar-refractivity contribution in [2.75, 3.05) is 12.4 Å². The van der Waals surface area contributed by atoms with Crippen LogP contribution in [0.25, 0.3) is 22.4 Å². The predicted octanol–water partition coefficient (Wildman–Crippen LogP) is 3.64. The van der Waals surface area contributed by atoms with Gasteiger partial charge in [-0.15, -0.1) is 0 Å². The Bertz CT molecular complexity index is 997. The van der Waals surface area contributed by atoms with Crippen LogP contribution in [-0.2, 0) is 6.54 Å². The quantitative estimate of drug-likeness (QED) is 0.584. The average molecular weight is 331 g/mol. The number of pyridine rings is 1. The molecule has 0 unspecified atom stereocenters. The number of methoxy groups -OCH3 is 1. The molecule has 0 radical (unpaired) electrons. The highest BCUT2D eigenvalue weighted by atomic mass is 16.5. The van der Waals surface area contributed by atoms with Gasteiger partial charge in [0.15, 0.2) is 5.82 Å². The van der Waals surface area contributed by atoms with E-state index in [4.69, 9.17) is 4.74 Å². The van der Waals surface area contributed by atoms with Gasteiger partial charge in [0.05, 0.1) is 12.8 Å². The molecule has 0 saturated carbocycles. The summed E-state index contributed by atoms with van der Waals surface area (Å²) in [7, 11) is 1.66. The molecule has 1 aromatic carbocycles. The zero-order valence-corrected chi connectivity index (χ0v) is 13.7. The highest BCUT2D eigenvalue weighted by Crippen LogP contribution is 2.30. The Labute approximate surface area is 144 Å². The van der Waals surface area contributed by atoms with E-state index < -0.39 is 0 Å². The summed E-state index contributed by atoms with van der Waals surface area (Å²) in [6.45, 7) is 0.657. The van der Waals surface area contributed by atoms with Gasteiger partial charge in [-0.1, -0.05) is 6.07 Å². The molecule has 0 atom stereocenters. The third-order valence-corrected chi connectivity index (χ3v) is 3.96. The van der Waals surface area contributed by atoms with E-state index in [0.29, 0.717) is 12.4 Å². The molecule has 2 N–H and O–H groups in total. The number of nitrogens with one attached hydrogen (secondary N) is 2. The summed E-state index contributed by atoms with van der Waals surface area (Å²) < 4.78 is 5.46. The lowest BCUT2D eigenvalue weighted by atomic mass is 10.1. The second-order valence-corrected chi connectivity index (χ2v) is 5.61. The number of benzene rings is 1. The Hall–Kier alpha value is -3.41. The van der Waals surface area contributed by atoms with Crippen molar-refractivity contribution in [3.05, 3.63) is 66.7 Å². The van der Waals surface area contributed by atoms with E-state index in [1.54, 1.807) is 13.3 Å². The second-order valence-electron chi connectivity index (χ2n) is 5.61. The number of ether oxygens (including phenoxy) is 1. The van der Waals surface area contributed by atoms with Gasteiger partial charge in [-0.3, -0.25) is 4.98 Å². The van der Waals surface area contributed by atoms with Crippen molar-refractivity contribution >= 4 is 16.7 Å². The fraction of sp³-hybridized carbons (Fsp3) is 0.105. The Morgan fingerprint density at radius 2 is 2.12 bits per heavy atom. The third kappa shape index (κ3) is 3.14. The molecule has 0 bridgehead atoms. The molecular weight excluding hydrogens is 314 g/mol. The summed E-state index contributed by atoms with van der Waals surface area (Å²) in [6.07, 6.45) is 7.28. The Morgan fingerprint density at radius 3 is 2.96 bits per heavy atom. The third-order valence-electron chi connectivity index (χ3n) is 3.96. The van der Waals surface area contributed by atoms with Crippen LogP contribution in [0.1, 0.15) is 5.56 Å². The first kappa shape index (κ1) is 15.1. The summed E-state index contributed by atoms with van der Waals surface area (Å²) in [4.78, 5) is 16.3. The standard InChI is InChI=1S/C19H17N5O/c1-25-17-5-4-14(18-23-12-15-6-8-21-19(15)24-18)9-16(17)22-11-13-3-2-7-20-10-13/h2-10,12,22H,11H2,1H3,(H,21,23,24). The summed E-state index contributed by atoms with van der Waals surface area (Å²) in [5.74, 6) is 1.44. The summed E-state index contributed by atoms with van der Waals surface area (Å²) in [5, 5.41) is 4.39. The van der Waals surface area contributed by atoms with Crippen LogP contribution >= 0.6 is 0 Å². The lowest BCUT2D eigenvalue weighted by Gasteiger charge is -2.12. The summed E-state index contributed by atoms with van der Waals surface area (Å²) in [6, 6.07) is 11.8. The van der Waals surface area contributed by atoms with Gasteiger partial charge >= 0.3 is 0 Å². The van der Waals surface area contributed by atoms with E-state index in [-0.39, 0.29) is 0 Å². The largest absolute Gasteiger partial charge is 0.495 e.